The van der Waals surface area contributed by atoms with Gasteiger partial charge in [0.25, 0.3) is 5.91 Å². The zero-order chi connectivity index (χ0) is 23.3. The van der Waals surface area contributed by atoms with E-state index in [0.717, 1.165) is 22.6 Å². The van der Waals surface area contributed by atoms with E-state index in [4.69, 9.17) is 4.74 Å². The highest BCUT2D eigenvalue weighted by atomic mass is 16.5. The third kappa shape index (κ3) is 4.52. The van der Waals surface area contributed by atoms with E-state index in [2.05, 4.69) is 26.9 Å². The Balaban J connectivity index is 1.24. The average molecular weight is 453 g/mol. The molecule has 2 heterocycles. The summed E-state index contributed by atoms with van der Waals surface area (Å²) in [5.74, 6) is 0.489. The molecule has 0 radical (unpaired) electrons. The Bertz CT molecular complexity index is 1280. The molecule has 0 fully saturated rings. The maximum Gasteiger partial charge on any atom is 0.271 e. The van der Waals surface area contributed by atoms with E-state index in [0.29, 0.717) is 12.1 Å². The zero-order valence-electron chi connectivity index (χ0n) is 18.7. The number of benzene rings is 2. The van der Waals surface area contributed by atoms with Gasteiger partial charge in [-0.2, -0.15) is 10.2 Å². The molecule has 8 heteroatoms. The first-order chi connectivity index (χ1) is 16.7. The summed E-state index contributed by atoms with van der Waals surface area (Å²) >= 11 is 0. The summed E-state index contributed by atoms with van der Waals surface area (Å²) in [7, 11) is 1.64. The van der Waals surface area contributed by atoms with E-state index in [1.807, 2.05) is 82.7 Å². The monoisotopic (exact) mass is 452 g/mol. The Morgan fingerprint density at radius 3 is 2.71 bits per heavy atom. The molecule has 0 saturated carbocycles. The molecule has 2 unspecified atom stereocenters. The van der Waals surface area contributed by atoms with Crippen LogP contribution >= 0.6 is 0 Å². The maximum absolute atomic E-state index is 12.5. The fraction of sp³-hybridized carbons (Fsp3) is 0.154. The second-order valence-corrected chi connectivity index (χ2v) is 7.96. The van der Waals surface area contributed by atoms with Crippen LogP contribution in [-0.4, -0.2) is 40.9 Å². The van der Waals surface area contributed by atoms with Gasteiger partial charge in [0.15, 0.2) is 0 Å². The molecule has 1 N–H and O–H groups in total. The van der Waals surface area contributed by atoms with E-state index in [9.17, 15) is 4.79 Å². The first-order valence-corrected chi connectivity index (χ1v) is 11.0. The summed E-state index contributed by atoms with van der Waals surface area (Å²) in [6.45, 7) is 0.549. The maximum atomic E-state index is 12.5. The second kappa shape index (κ2) is 9.58. The molecule has 8 nitrogen and oxygen atoms in total. The Hall–Kier alpha value is -4.46. The van der Waals surface area contributed by atoms with E-state index in [1.165, 1.54) is 0 Å². The van der Waals surface area contributed by atoms with Gasteiger partial charge in [0.05, 0.1) is 25.9 Å². The third-order valence-electron chi connectivity index (χ3n) is 5.77. The molecule has 0 spiro atoms. The van der Waals surface area contributed by atoms with Crippen LogP contribution in [0.25, 0.3) is 5.69 Å². The van der Waals surface area contributed by atoms with Gasteiger partial charge in [-0.1, -0.05) is 29.5 Å². The lowest BCUT2D eigenvalue weighted by atomic mass is 10.0. The van der Waals surface area contributed by atoms with Gasteiger partial charge < -0.3 is 9.30 Å². The molecule has 2 aromatic carbocycles. The van der Waals surface area contributed by atoms with Crippen LogP contribution in [0.15, 0.2) is 107 Å². The number of hydrazone groups is 1. The molecule has 2 atom stereocenters. The minimum absolute atomic E-state index is 0.0494. The van der Waals surface area contributed by atoms with E-state index < -0.39 is 0 Å². The fourth-order valence-corrected chi connectivity index (χ4v) is 3.99. The number of aromatic nitrogens is 1. The third-order valence-corrected chi connectivity index (χ3v) is 5.77. The number of hydrogen-bond donors (Lipinski definition) is 1. The van der Waals surface area contributed by atoms with Crippen LogP contribution in [0.5, 0.6) is 5.75 Å². The van der Waals surface area contributed by atoms with Crippen LogP contribution in [-0.2, 0) is 6.54 Å². The Morgan fingerprint density at radius 1 is 1.12 bits per heavy atom. The van der Waals surface area contributed by atoms with Crippen LogP contribution < -0.4 is 10.2 Å². The van der Waals surface area contributed by atoms with Crippen molar-refractivity contribution in [1.29, 1.82) is 0 Å². The smallest absolute Gasteiger partial charge is 0.271 e. The summed E-state index contributed by atoms with van der Waals surface area (Å²) in [5, 5.41) is 14.7. The molecule has 170 valence electrons. The number of amides is 1. The van der Waals surface area contributed by atoms with Crippen molar-refractivity contribution >= 4 is 12.1 Å². The van der Waals surface area contributed by atoms with Gasteiger partial charge in [0, 0.05) is 29.2 Å². The predicted molar refractivity (Wildman–Crippen MR) is 130 cm³/mol. The lowest BCUT2D eigenvalue weighted by Crippen LogP contribution is -2.32. The molecule has 0 bridgehead atoms. The van der Waals surface area contributed by atoms with Crippen molar-refractivity contribution < 1.29 is 9.53 Å². The average Bonchev–Trinajstić information content (AvgIpc) is 3.55. The van der Waals surface area contributed by atoms with Gasteiger partial charge in [-0.05, 0) is 60.2 Å². The number of fused-ring (bicyclic) bond motifs is 1. The lowest BCUT2D eigenvalue weighted by molar-refractivity contribution is 0.0955. The molecule has 3 aromatic rings. The highest BCUT2D eigenvalue weighted by molar-refractivity contribution is 5.95. The zero-order valence-corrected chi connectivity index (χ0v) is 18.7. The summed E-state index contributed by atoms with van der Waals surface area (Å²) < 4.78 is 7.51. The number of allylic oxidation sites excluding steroid dienone is 2. The van der Waals surface area contributed by atoms with Crippen LogP contribution in [0.1, 0.15) is 21.5 Å². The lowest BCUT2D eigenvalue weighted by Gasteiger charge is -2.24. The fourth-order valence-electron chi connectivity index (χ4n) is 3.99. The van der Waals surface area contributed by atoms with E-state index >= 15 is 0 Å². The minimum Gasteiger partial charge on any atom is -0.496 e. The van der Waals surface area contributed by atoms with Gasteiger partial charge >= 0.3 is 0 Å². The molecule has 1 aromatic heterocycles. The molecular weight excluding hydrogens is 428 g/mol. The Labute approximate surface area is 197 Å². The van der Waals surface area contributed by atoms with Crippen molar-refractivity contribution in [2.45, 2.75) is 18.6 Å². The molecule has 1 amide bonds. The standard InChI is InChI=1S/C26H24N6O2/c1-34-25-13-8-19(16-21(25)18-32-24-7-3-2-6-23(24)28-30-32)17-27-29-26(33)20-9-11-22(12-10-20)31-14-4-5-15-31/h2-17,23-24H,18H2,1H3,(H,29,33). The van der Waals surface area contributed by atoms with E-state index in [-0.39, 0.29) is 18.0 Å². The van der Waals surface area contributed by atoms with Crippen LogP contribution in [0.3, 0.4) is 0 Å². The van der Waals surface area contributed by atoms with Crippen LogP contribution in [0.4, 0.5) is 0 Å². The number of rotatable bonds is 7. The van der Waals surface area contributed by atoms with Crippen molar-refractivity contribution in [3.63, 3.8) is 0 Å². The van der Waals surface area contributed by atoms with E-state index in [1.54, 1.807) is 25.5 Å². The summed E-state index contributed by atoms with van der Waals surface area (Å²) in [4.78, 5) is 12.5. The van der Waals surface area contributed by atoms with Crippen molar-refractivity contribution in [1.82, 2.24) is 15.0 Å². The largest absolute Gasteiger partial charge is 0.496 e. The molecule has 1 aliphatic heterocycles. The first-order valence-electron chi connectivity index (χ1n) is 11.0. The molecule has 5 rings (SSSR count). The first kappa shape index (κ1) is 21.4. The molecule has 2 aliphatic rings. The van der Waals surface area contributed by atoms with Crippen molar-refractivity contribution in [2.75, 3.05) is 7.11 Å². The topological polar surface area (TPSA) is 83.6 Å². The van der Waals surface area contributed by atoms with Crippen molar-refractivity contribution in [3.05, 3.63) is 108 Å². The number of ether oxygens (including phenoxy) is 1. The van der Waals surface area contributed by atoms with Gasteiger partial charge in [-0.3, -0.25) is 9.80 Å². The molecule has 34 heavy (non-hydrogen) atoms. The summed E-state index contributed by atoms with van der Waals surface area (Å²) in [5.41, 5.74) is 5.91. The Kier molecular flexibility index (Phi) is 6.03. The number of carbonyl (C=O) groups excluding carboxylic acids is 1. The van der Waals surface area contributed by atoms with Crippen LogP contribution in [0, 0.1) is 0 Å². The molecule has 0 saturated heterocycles. The van der Waals surface area contributed by atoms with Crippen LogP contribution in [0.2, 0.25) is 0 Å². The number of hydrogen-bond acceptors (Lipinski definition) is 6. The van der Waals surface area contributed by atoms with Gasteiger partial charge in [-0.25, -0.2) is 5.43 Å². The summed E-state index contributed by atoms with van der Waals surface area (Å²) in [6.07, 6.45) is 13.7. The highest BCUT2D eigenvalue weighted by Crippen LogP contribution is 2.28. The Morgan fingerprint density at radius 2 is 1.91 bits per heavy atom. The quantitative estimate of drug-likeness (QED) is 0.429. The van der Waals surface area contributed by atoms with Gasteiger partial charge in [-0.15, -0.1) is 0 Å². The number of nitrogens with one attached hydrogen (secondary N) is 1. The number of methoxy groups -OCH3 is 1. The number of nitrogens with zero attached hydrogens (tertiary/aromatic N) is 5. The predicted octanol–water partition coefficient (Wildman–Crippen LogP) is 4.30. The van der Waals surface area contributed by atoms with Crippen molar-refractivity contribution in [3.8, 4) is 11.4 Å². The summed E-state index contributed by atoms with van der Waals surface area (Å²) in [6, 6.07) is 17.2. The van der Waals surface area contributed by atoms with Crippen molar-refractivity contribution in [2.24, 2.45) is 15.4 Å². The highest BCUT2D eigenvalue weighted by Gasteiger charge is 2.30. The SMILES string of the molecule is COc1ccc(C=NNC(=O)c2ccc(-n3cccc3)cc2)cc1CN1N=NC2C=CC=CC21. The minimum atomic E-state index is -0.273. The van der Waals surface area contributed by atoms with Gasteiger partial charge in [0.2, 0.25) is 0 Å². The normalized spacial score (nSPS) is 18.4. The van der Waals surface area contributed by atoms with Gasteiger partial charge in [0.1, 0.15) is 11.8 Å². The second-order valence-electron chi connectivity index (χ2n) is 7.96. The molecule has 1 aliphatic carbocycles. The molecular formula is C26H24N6O2. The number of carbonyl (C=O) groups is 1.